The van der Waals surface area contributed by atoms with E-state index in [4.69, 9.17) is 0 Å². The quantitative estimate of drug-likeness (QED) is 0.483. The Morgan fingerprint density at radius 1 is 1.54 bits per heavy atom. The summed E-state index contributed by atoms with van der Waals surface area (Å²) in [5.41, 5.74) is 0. The molecule has 1 amide bonds. The van der Waals surface area contributed by atoms with Gasteiger partial charge in [0.25, 0.3) is 0 Å². The number of carbonyl (C=O) groups excluding carboxylic acids is 1. The van der Waals surface area contributed by atoms with Gasteiger partial charge in [0.05, 0.1) is 28.5 Å². The average Bonchev–Trinajstić information content (AvgIpc) is 2.13. The Morgan fingerprint density at radius 3 is 2.31 bits per heavy atom. The Labute approximate surface area is 85.1 Å². The van der Waals surface area contributed by atoms with Gasteiger partial charge in [-0.2, -0.15) is 0 Å². The molecule has 0 aromatic rings. The lowest BCUT2D eigenvalue weighted by atomic mass is 8.84. The number of nitrogens with one attached hydrogen (secondary N) is 1. The fourth-order valence-electron chi connectivity index (χ4n) is 1.59. The molecule has 0 aromatic heterocycles. The molecule has 0 bridgehead atoms. The summed E-state index contributed by atoms with van der Waals surface area (Å²) in [5, 5.41) is 2.47. The molecule has 0 unspecified atom stereocenters. The molecule has 0 heterocycles. The van der Waals surface area contributed by atoms with Crippen LogP contribution >= 0.6 is 0 Å². The number of hydrogen-bond acceptors (Lipinski definition) is 1. The first kappa shape index (κ1) is 12.8. The van der Waals surface area contributed by atoms with Crippen molar-refractivity contribution in [1.82, 2.24) is 5.32 Å². The van der Waals surface area contributed by atoms with Crippen LogP contribution < -0.4 is 5.32 Å². The van der Waals surface area contributed by atoms with Crippen LogP contribution in [0.2, 0.25) is 12.1 Å². The summed E-state index contributed by atoms with van der Waals surface area (Å²) < 4.78 is 0. The van der Waals surface area contributed by atoms with Gasteiger partial charge < -0.3 is 5.32 Å². The SMILES string of the molecule is BBB(C)B(B)C(C)(C)C(=O)NC. The van der Waals surface area contributed by atoms with E-state index in [2.05, 4.69) is 27.6 Å². The van der Waals surface area contributed by atoms with Crippen LogP contribution in [0.1, 0.15) is 13.8 Å². The third kappa shape index (κ3) is 2.89. The lowest BCUT2D eigenvalue weighted by Crippen LogP contribution is -2.52. The molecule has 0 aliphatic rings. The molecule has 0 aliphatic heterocycles. The van der Waals surface area contributed by atoms with Gasteiger partial charge in [0.15, 0.2) is 0 Å². The van der Waals surface area contributed by atoms with Crippen molar-refractivity contribution in [3.8, 4) is 0 Å². The zero-order valence-corrected chi connectivity index (χ0v) is 9.77. The predicted octanol–water partition coefficient (Wildman–Crippen LogP) is -2.18. The van der Waals surface area contributed by atoms with Gasteiger partial charge in [0, 0.05) is 19.4 Å². The third-order valence-electron chi connectivity index (χ3n) is 3.45. The van der Waals surface area contributed by atoms with Gasteiger partial charge in [-0.3, -0.25) is 4.79 Å². The van der Waals surface area contributed by atoms with Crippen molar-refractivity contribution in [3.05, 3.63) is 0 Å². The molecule has 0 aromatic carbocycles. The Morgan fingerprint density at radius 2 is 2.00 bits per heavy atom. The van der Waals surface area contributed by atoms with Crippen molar-refractivity contribution in [1.29, 1.82) is 0 Å². The van der Waals surface area contributed by atoms with Crippen molar-refractivity contribution in [2.24, 2.45) is 0 Å². The van der Waals surface area contributed by atoms with Gasteiger partial charge in [-0.25, -0.2) is 0 Å². The highest BCUT2D eigenvalue weighted by atomic mass is 16.2. The molecule has 0 saturated heterocycles. The summed E-state index contributed by atoms with van der Waals surface area (Å²) in [6, 6.07) is 0. The molecule has 13 heavy (non-hydrogen) atoms. The van der Waals surface area contributed by atoms with Crippen LogP contribution in [0.15, 0.2) is 0 Å². The second-order valence-electron chi connectivity index (χ2n) is 4.48. The second-order valence-corrected chi connectivity index (χ2v) is 4.48. The van der Waals surface area contributed by atoms with Crippen LogP contribution in [0.4, 0.5) is 0 Å². The minimum Gasteiger partial charge on any atom is -0.359 e. The molecule has 0 atom stereocenters. The molecule has 0 rings (SSSR count). The highest BCUT2D eigenvalue weighted by molar-refractivity contribution is 7.63. The van der Waals surface area contributed by atoms with E-state index in [9.17, 15) is 4.79 Å². The monoisotopic (exact) mass is 175 g/mol. The molecule has 0 fully saturated rings. The van der Waals surface area contributed by atoms with Crippen LogP contribution in [0, 0.1) is 0 Å². The molecule has 0 radical (unpaired) electrons. The third-order valence-corrected chi connectivity index (χ3v) is 3.45. The zero-order valence-electron chi connectivity index (χ0n) is 9.77. The van der Waals surface area contributed by atoms with Gasteiger partial charge in [-0.1, -0.05) is 13.8 Å². The Bertz CT molecular complexity index is 186. The van der Waals surface area contributed by atoms with Crippen LogP contribution in [-0.2, 0) is 4.79 Å². The first-order valence-corrected chi connectivity index (χ1v) is 5.10. The van der Waals surface area contributed by atoms with Gasteiger partial charge >= 0.3 is 0 Å². The van der Waals surface area contributed by atoms with E-state index < -0.39 is 0 Å². The molecular weight excluding hydrogens is 156 g/mol. The van der Waals surface area contributed by atoms with Gasteiger partial charge in [0.1, 0.15) is 0 Å². The van der Waals surface area contributed by atoms with E-state index >= 15 is 0 Å². The maximum Gasteiger partial charge on any atom is 0.216 e. The molecule has 0 spiro atoms. The first-order valence-electron chi connectivity index (χ1n) is 5.10. The lowest BCUT2D eigenvalue weighted by Gasteiger charge is -2.30. The lowest BCUT2D eigenvalue weighted by molar-refractivity contribution is -0.122. The summed E-state index contributed by atoms with van der Waals surface area (Å²) in [7, 11) is 7.15. The van der Waals surface area contributed by atoms with E-state index in [-0.39, 0.29) is 11.2 Å². The van der Waals surface area contributed by atoms with Crippen molar-refractivity contribution in [2.45, 2.75) is 26.0 Å². The molecule has 0 aliphatic carbocycles. The summed E-state index contributed by atoms with van der Waals surface area (Å²) >= 11 is 0. The van der Waals surface area contributed by atoms with Crippen molar-refractivity contribution in [3.63, 3.8) is 0 Å². The maximum atomic E-state index is 11.6. The van der Waals surface area contributed by atoms with E-state index in [1.54, 1.807) is 7.05 Å². The fraction of sp³-hybridized carbons (Fsp3) is 0.833. The van der Waals surface area contributed by atoms with E-state index in [0.717, 1.165) is 7.06 Å². The summed E-state index contributed by atoms with van der Waals surface area (Å²) in [4.78, 5) is 11.6. The van der Waals surface area contributed by atoms with E-state index in [1.165, 1.54) is 0 Å². The number of carbonyl (C=O) groups is 1. The average molecular weight is 174 g/mol. The minimum atomic E-state index is -0.260. The largest absolute Gasteiger partial charge is 0.359 e. The summed E-state index contributed by atoms with van der Waals surface area (Å²) in [6.07, 6.45) is 0. The summed E-state index contributed by atoms with van der Waals surface area (Å²) in [6.45, 7) is 7.24. The molecule has 7 heteroatoms. The molecule has 2 nitrogen and oxygen atoms in total. The van der Waals surface area contributed by atoms with Gasteiger partial charge in [-0.05, 0) is 0 Å². The standard InChI is InChI=1S/C6H18B5NO/c1-6(2,5(13)12-4)11(8)10(3)9-7/h9H,7-8H2,1-4H3,(H,12,13). The Balaban J connectivity index is 4.52. The Hall–Kier alpha value is -0.205. The summed E-state index contributed by atoms with van der Waals surface area (Å²) in [5.74, 6) is 0.139. The van der Waals surface area contributed by atoms with E-state index in [1.807, 2.05) is 13.8 Å². The molecule has 1 N–H and O–H groups in total. The fourth-order valence-corrected chi connectivity index (χ4v) is 1.59. The van der Waals surface area contributed by atoms with Crippen LogP contribution in [-0.4, -0.2) is 48.5 Å². The molecular formula is C6H18B5NO. The van der Waals surface area contributed by atoms with Crippen molar-refractivity contribution >= 4 is 41.4 Å². The zero-order chi connectivity index (χ0) is 10.6. The highest BCUT2D eigenvalue weighted by Gasteiger charge is 2.38. The van der Waals surface area contributed by atoms with Gasteiger partial charge in [-0.15, -0.1) is 6.82 Å². The molecule has 0 saturated carbocycles. The van der Waals surface area contributed by atoms with Crippen molar-refractivity contribution in [2.75, 3.05) is 7.05 Å². The normalized spacial score (nSPS) is 10.5. The minimum absolute atomic E-state index is 0.139. The topological polar surface area (TPSA) is 29.1 Å². The highest BCUT2D eigenvalue weighted by Crippen LogP contribution is 2.27. The number of hydrogen-bond donors (Lipinski definition) is 1. The second kappa shape index (κ2) is 4.87. The number of amides is 1. The maximum absolute atomic E-state index is 11.6. The number of rotatable bonds is 4. The Kier molecular flexibility index (Phi) is 4.80. The predicted molar refractivity (Wildman–Crippen MR) is 69.7 cm³/mol. The molecule has 68 valence electrons. The van der Waals surface area contributed by atoms with E-state index in [0.29, 0.717) is 13.0 Å². The van der Waals surface area contributed by atoms with Gasteiger partial charge in [0.2, 0.25) is 5.91 Å². The van der Waals surface area contributed by atoms with Crippen LogP contribution in [0.5, 0.6) is 0 Å². The smallest absolute Gasteiger partial charge is 0.216 e. The van der Waals surface area contributed by atoms with Crippen molar-refractivity contribution < 1.29 is 4.79 Å². The van der Waals surface area contributed by atoms with Crippen LogP contribution in [0.25, 0.3) is 0 Å². The first-order chi connectivity index (χ1) is 5.87. The van der Waals surface area contributed by atoms with Crippen LogP contribution in [0.3, 0.4) is 0 Å².